The minimum absolute atomic E-state index is 0.00324. The summed E-state index contributed by atoms with van der Waals surface area (Å²) in [6.45, 7) is 1.67. The van der Waals surface area contributed by atoms with Gasteiger partial charge in [-0.15, -0.1) is 0 Å². The third-order valence-electron chi connectivity index (χ3n) is 6.21. The molecule has 5 rings (SSSR count). The normalized spacial score (nSPS) is 11.3. The second kappa shape index (κ2) is 10.8. The van der Waals surface area contributed by atoms with Gasteiger partial charge in [-0.3, -0.25) is 23.5 Å². The number of nitrogens with zero attached hydrogens (tertiary/aromatic N) is 5. The van der Waals surface area contributed by atoms with Crippen LogP contribution in [0.2, 0.25) is 5.02 Å². The number of fused-ring (bicyclic) bond motifs is 1. The van der Waals surface area contributed by atoms with Crippen LogP contribution in [0, 0.1) is 18.3 Å². The predicted octanol–water partition coefficient (Wildman–Crippen LogP) is 4.48. The van der Waals surface area contributed by atoms with Crippen LogP contribution in [0.25, 0.3) is 17.4 Å². The SMILES string of the molecule is Cc1c(NC(=O)C(C#N)=Cc2c(Oc3ccc(Cl)cc3)nc3ccccn3c2=O)c(=O)n(-c2ccccc2)n1C. The van der Waals surface area contributed by atoms with Gasteiger partial charge in [0.25, 0.3) is 17.0 Å². The minimum atomic E-state index is -0.872. The van der Waals surface area contributed by atoms with Crippen LogP contribution >= 0.6 is 11.6 Å². The van der Waals surface area contributed by atoms with Crippen molar-refractivity contribution < 1.29 is 9.53 Å². The molecule has 11 heteroatoms. The molecule has 0 atom stereocenters. The summed E-state index contributed by atoms with van der Waals surface area (Å²) >= 11 is 5.97. The van der Waals surface area contributed by atoms with Gasteiger partial charge in [-0.25, -0.2) is 4.68 Å². The van der Waals surface area contributed by atoms with Gasteiger partial charge >= 0.3 is 0 Å². The van der Waals surface area contributed by atoms with Crippen molar-refractivity contribution in [3.05, 3.63) is 122 Å². The monoisotopic (exact) mass is 552 g/mol. The zero-order chi connectivity index (χ0) is 28.4. The van der Waals surface area contributed by atoms with Gasteiger partial charge in [0.2, 0.25) is 5.88 Å². The number of amides is 1. The van der Waals surface area contributed by atoms with E-state index >= 15 is 0 Å². The largest absolute Gasteiger partial charge is 0.438 e. The molecule has 0 saturated carbocycles. The van der Waals surface area contributed by atoms with Crippen LogP contribution in [0.15, 0.2) is 94.2 Å². The fraction of sp³-hybridized carbons (Fsp3) is 0.0690. The molecule has 0 spiro atoms. The lowest BCUT2D eigenvalue weighted by Gasteiger charge is -2.10. The van der Waals surface area contributed by atoms with Gasteiger partial charge in [-0.05, 0) is 61.5 Å². The van der Waals surface area contributed by atoms with E-state index in [1.807, 2.05) is 12.1 Å². The molecule has 0 radical (unpaired) electrons. The highest BCUT2D eigenvalue weighted by Crippen LogP contribution is 2.25. The van der Waals surface area contributed by atoms with Crippen LogP contribution in [0.5, 0.6) is 11.6 Å². The standard InChI is InChI=1S/C29H21ClN6O4/c1-18-25(29(39)36(34(18)2)21-8-4-3-5-9-21)33-26(37)19(17-31)16-23-27(40-22-13-11-20(30)12-14-22)32-24-10-6-7-15-35(24)28(23)38/h3-16H,1-2H3,(H,33,37). The summed E-state index contributed by atoms with van der Waals surface area (Å²) in [6, 6.07) is 22.1. The fourth-order valence-corrected chi connectivity index (χ4v) is 4.21. The van der Waals surface area contributed by atoms with Crippen molar-refractivity contribution in [1.82, 2.24) is 18.7 Å². The molecule has 2 aromatic carbocycles. The van der Waals surface area contributed by atoms with Crippen LogP contribution in [0.3, 0.4) is 0 Å². The summed E-state index contributed by atoms with van der Waals surface area (Å²) in [5, 5.41) is 12.9. The predicted molar refractivity (Wildman–Crippen MR) is 151 cm³/mol. The summed E-state index contributed by atoms with van der Waals surface area (Å²) in [4.78, 5) is 44.3. The Morgan fingerprint density at radius 1 is 1.02 bits per heavy atom. The third kappa shape index (κ3) is 4.89. The summed E-state index contributed by atoms with van der Waals surface area (Å²) < 4.78 is 10.1. The van der Waals surface area contributed by atoms with Crippen molar-refractivity contribution in [2.24, 2.45) is 7.05 Å². The average Bonchev–Trinajstić information content (AvgIpc) is 3.17. The molecule has 1 N–H and O–H groups in total. The van der Waals surface area contributed by atoms with Gasteiger partial charge in [-0.1, -0.05) is 35.9 Å². The number of para-hydroxylation sites is 1. The number of benzene rings is 2. The van der Waals surface area contributed by atoms with E-state index in [1.165, 1.54) is 15.3 Å². The second-order valence-corrected chi connectivity index (χ2v) is 9.12. The number of aromatic nitrogens is 4. The topological polar surface area (TPSA) is 123 Å². The number of hydrogen-bond acceptors (Lipinski definition) is 6. The van der Waals surface area contributed by atoms with Crippen molar-refractivity contribution >= 4 is 34.9 Å². The van der Waals surface area contributed by atoms with E-state index in [-0.39, 0.29) is 17.1 Å². The molecule has 0 aliphatic heterocycles. The Kier molecular flexibility index (Phi) is 7.05. The number of carbonyl (C=O) groups excluding carboxylic acids is 1. The zero-order valence-electron chi connectivity index (χ0n) is 21.3. The van der Waals surface area contributed by atoms with Crippen LogP contribution in [0.1, 0.15) is 11.3 Å². The highest BCUT2D eigenvalue weighted by Gasteiger charge is 2.22. The molecular weight excluding hydrogens is 532 g/mol. The van der Waals surface area contributed by atoms with Crippen LogP contribution in [-0.2, 0) is 11.8 Å². The van der Waals surface area contributed by atoms with Crippen molar-refractivity contribution in [2.75, 3.05) is 5.32 Å². The van der Waals surface area contributed by atoms with E-state index in [2.05, 4.69) is 10.3 Å². The maximum atomic E-state index is 13.4. The maximum Gasteiger partial charge on any atom is 0.295 e. The molecule has 198 valence electrons. The summed E-state index contributed by atoms with van der Waals surface area (Å²) in [5.41, 5.74) is -0.205. The number of carbonyl (C=O) groups is 1. The Hall–Kier alpha value is -5.40. The molecule has 0 aliphatic carbocycles. The van der Waals surface area contributed by atoms with Crippen LogP contribution in [-0.4, -0.2) is 24.7 Å². The van der Waals surface area contributed by atoms with Gasteiger partial charge in [0.1, 0.15) is 34.3 Å². The minimum Gasteiger partial charge on any atom is -0.438 e. The van der Waals surface area contributed by atoms with Gasteiger partial charge in [0.05, 0.1) is 11.4 Å². The number of halogens is 1. The first-order chi connectivity index (χ1) is 19.3. The molecule has 0 bridgehead atoms. The number of hydrogen-bond donors (Lipinski definition) is 1. The van der Waals surface area contributed by atoms with E-state index < -0.39 is 22.6 Å². The zero-order valence-corrected chi connectivity index (χ0v) is 22.1. The number of nitrogens with one attached hydrogen (secondary N) is 1. The summed E-state index contributed by atoms with van der Waals surface area (Å²) in [7, 11) is 1.68. The second-order valence-electron chi connectivity index (χ2n) is 8.68. The summed E-state index contributed by atoms with van der Waals surface area (Å²) in [6.07, 6.45) is 2.61. The molecule has 0 fully saturated rings. The number of ether oxygens (including phenoxy) is 1. The molecule has 3 aromatic heterocycles. The average molecular weight is 553 g/mol. The number of rotatable bonds is 6. The Bertz CT molecular complexity index is 1950. The Labute approximate surface area is 232 Å². The molecule has 3 heterocycles. The highest BCUT2D eigenvalue weighted by atomic mass is 35.5. The molecule has 40 heavy (non-hydrogen) atoms. The Morgan fingerprint density at radius 2 is 1.73 bits per heavy atom. The van der Waals surface area contributed by atoms with Gasteiger partial charge in [0.15, 0.2) is 0 Å². The Morgan fingerprint density at radius 3 is 2.42 bits per heavy atom. The lowest BCUT2D eigenvalue weighted by Crippen LogP contribution is -2.24. The highest BCUT2D eigenvalue weighted by molar-refractivity contribution is 6.30. The third-order valence-corrected chi connectivity index (χ3v) is 6.46. The smallest absolute Gasteiger partial charge is 0.295 e. The summed E-state index contributed by atoms with van der Waals surface area (Å²) in [5.74, 6) is -0.638. The van der Waals surface area contributed by atoms with Gasteiger partial charge in [-0.2, -0.15) is 10.2 Å². The number of nitriles is 1. The van der Waals surface area contributed by atoms with Crippen molar-refractivity contribution in [2.45, 2.75) is 6.92 Å². The van der Waals surface area contributed by atoms with E-state index in [0.29, 0.717) is 27.8 Å². The molecule has 0 aliphatic rings. The molecule has 5 aromatic rings. The van der Waals surface area contributed by atoms with Crippen LogP contribution in [0.4, 0.5) is 5.69 Å². The van der Waals surface area contributed by atoms with E-state index in [9.17, 15) is 19.6 Å². The molecular formula is C29H21ClN6O4. The quantitative estimate of drug-likeness (QED) is 0.245. The molecule has 1 amide bonds. The van der Waals surface area contributed by atoms with Gasteiger partial charge in [0, 0.05) is 18.3 Å². The van der Waals surface area contributed by atoms with E-state index in [4.69, 9.17) is 16.3 Å². The van der Waals surface area contributed by atoms with E-state index in [0.717, 1.165) is 6.08 Å². The fourth-order valence-electron chi connectivity index (χ4n) is 4.08. The lowest BCUT2D eigenvalue weighted by atomic mass is 10.1. The van der Waals surface area contributed by atoms with Crippen molar-refractivity contribution in [1.29, 1.82) is 5.26 Å². The number of anilines is 1. The van der Waals surface area contributed by atoms with Crippen molar-refractivity contribution in [3.63, 3.8) is 0 Å². The van der Waals surface area contributed by atoms with E-state index in [1.54, 1.807) is 85.4 Å². The molecule has 0 unspecified atom stereocenters. The molecule has 10 nitrogen and oxygen atoms in total. The lowest BCUT2D eigenvalue weighted by molar-refractivity contribution is -0.112. The Balaban J connectivity index is 1.57. The van der Waals surface area contributed by atoms with Gasteiger partial charge < -0.3 is 10.1 Å². The van der Waals surface area contributed by atoms with Crippen molar-refractivity contribution in [3.8, 4) is 23.4 Å². The first kappa shape index (κ1) is 26.2. The maximum absolute atomic E-state index is 13.4. The molecule has 0 saturated heterocycles. The van der Waals surface area contributed by atoms with Crippen LogP contribution < -0.4 is 21.2 Å². The first-order valence-electron chi connectivity index (χ1n) is 12.0. The first-order valence-corrected chi connectivity index (χ1v) is 12.4. The number of pyridine rings is 1.